The Hall–Kier alpha value is -2.14. The van der Waals surface area contributed by atoms with Gasteiger partial charge in [0.05, 0.1) is 7.11 Å². The number of esters is 1. The number of hydrogen-bond donors (Lipinski definition) is 0. The zero-order chi connectivity index (χ0) is 20.1. The van der Waals surface area contributed by atoms with Gasteiger partial charge in [-0.15, -0.1) is 0 Å². The molecule has 3 nitrogen and oxygen atoms in total. The molecule has 0 saturated carbocycles. The quantitative estimate of drug-likeness (QED) is 0.410. The van der Waals surface area contributed by atoms with Crippen LogP contribution >= 0.6 is 35.0 Å². The fourth-order valence-corrected chi connectivity index (χ4v) is 3.70. The summed E-state index contributed by atoms with van der Waals surface area (Å²) in [5.74, 6) is 0.0393. The van der Waals surface area contributed by atoms with Crippen molar-refractivity contribution in [2.75, 3.05) is 7.11 Å². The number of ether oxygens (including phenoxy) is 2. The lowest BCUT2D eigenvalue weighted by Crippen LogP contribution is -2.39. The molecule has 0 aromatic heterocycles. The molecule has 0 aliphatic heterocycles. The molecule has 0 amide bonds. The lowest BCUT2D eigenvalue weighted by atomic mass is 9.95. The van der Waals surface area contributed by atoms with Gasteiger partial charge in [-0.3, -0.25) is 0 Å². The minimum atomic E-state index is -1.29. The maximum absolute atomic E-state index is 12.5. The van der Waals surface area contributed by atoms with Gasteiger partial charge in [0.25, 0.3) is 0 Å². The van der Waals surface area contributed by atoms with Crippen molar-refractivity contribution in [2.45, 2.75) is 22.3 Å². The summed E-state index contributed by atoms with van der Waals surface area (Å²) in [5.41, 5.74) is -0.596. The molecule has 0 N–H and O–H groups in total. The summed E-state index contributed by atoms with van der Waals surface area (Å²) in [4.78, 5) is 14.6. The Morgan fingerprint density at radius 2 is 1.29 bits per heavy atom. The Morgan fingerprint density at radius 1 is 0.821 bits per heavy atom. The fourth-order valence-electron chi connectivity index (χ4n) is 2.63. The van der Waals surface area contributed by atoms with Gasteiger partial charge in [0.2, 0.25) is 5.60 Å². The van der Waals surface area contributed by atoms with Crippen molar-refractivity contribution in [3.05, 3.63) is 88.4 Å². The fraction of sp³-hybridized carbons (Fsp3) is 0.136. The summed E-state index contributed by atoms with van der Waals surface area (Å²) in [6.45, 7) is 1.69. The third kappa shape index (κ3) is 4.82. The highest BCUT2D eigenvalue weighted by Crippen LogP contribution is 2.33. The van der Waals surface area contributed by atoms with Gasteiger partial charge in [0, 0.05) is 25.4 Å². The summed E-state index contributed by atoms with van der Waals surface area (Å²) in [7, 11) is 1.34. The molecule has 0 saturated heterocycles. The molecule has 0 aliphatic rings. The standard InChI is InChI=1S/C22H18Cl2O3S/c1-22(21(25)26-2,27-18-9-5-16(23)6-10-18)15-3-11-19(12-4-15)28-20-13-7-17(24)8-14-20/h3-14H,1-2H3. The van der Waals surface area contributed by atoms with Gasteiger partial charge in [-0.1, -0.05) is 47.1 Å². The number of methoxy groups -OCH3 is 1. The van der Waals surface area contributed by atoms with Crippen molar-refractivity contribution in [1.82, 2.24) is 0 Å². The second-order valence-electron chi connectivity index (χ2n) is 6.16. The molecule has 3 aromatic rings. The van der Waals surface area contributed by atoms with Crippen molar-refractivity contribution >= 4 is 40.9 Å². The maximum atomic E-state index is 12.5. The highest BCUT2D eigenvalue weighted by Gasteiger charge is 2.39. The SMILES string of the molecule is COC(=O)C(C)(Oc1ccc(Cl)cc1)c1ccc(Sc2ccc(Cl)cc2)cc1. The van der Waals surface area contributed by atoms with E-state index >= 15 is 0 Å². The van der Waals surface area contributed by atoms with E-state index in [2.05, 4.69) is 0 Å². The van der Waals surface area contributed by atoms with Crippen LogP contribution in [0.5, 0.6) is 5.75 Å². The Labute approximate surface area is 178 Å². The lowest BCUT2D eigenvalue weighted by molar-refractivity contribution is -0.158. The van der Waals surface area contributed by atoms with Crippen LogP contribution in [-0.4, -0.2) is 13.1 Å². The van der Waals surface area contributed by atoms with E-state index < -0.39 is 11.6 Å². The molecule has 0 bridgehead atoms. The van der Waals surface area contributed by atoms with Crippen LogP contribution in [-0.2, 0) is 15.1 Å². The average Bonchev–Trinajstić information content (AvgIpc) is 2.71. The molecule has 0 fully saturated rings. The van der Waals surface area contributed by atoms with Crippen molar-refractivity contribution in [3.63, 3.8) is 0 Å². The number of carbonyl (C=O) groups is 1. The summed E-state index contributed by atoms with van der Waals surface area (Å²) < 4.78 is 11.0. The van der Waals surface area contributed by atoms with E-state index in [1.54, 1.807) is 43.0 Å². The molecule has 1 atom stereocenters. The first-order chi connectivity index (χ1) is 13.4. The molecular formula is C22H18Cl2O3S. The van der Waals surface area contributed by atoms with Gasteiger partial charge in [-0.2, -0.15) is 0 Å². The van der Waals surface area contributed by atoms with Crippen molar-refractivity contribution in [3.8, 4) is 5.75 Å². The van der Waals surface area contributed by atoms with E-state index in [0.29, 0.717) is 21.4 Å². The monoisotopic (exact) mass is 432 g/mol. The van der Waals surface area contributed by atoms with Crippen LogP contribution in [0.2, 0.25) is 10.0 Å². The minimum absolute atomic E-state index is 0.486. The van der Waals surface area contributed by atoms with Gasteiger partial charge in [0.1, 0.15) is 5.75 Å². The third-order valence-corrected chi connectivity index (χ3v) is 5.68. The van der Waals surface area contributed by atoms with Crippen molar-refractivity contribution in [2.24, 2.45) is 0 Å². The molecule has 28 heavy (non-hydrogen) atoms. The normalized spacial score (nSPS) is 12.9. The number of halogens is 2. The summed E-state index contributed by atoms with van der Waals surface area (Å²) in [5, 5.41) is 1.29. The largest absolute Gasteiger partial charge is 0.471 e. The van der Waals surface area contributed by atoms with Crippen LogP contribution in [0, 0.1) is 0 Å². The Morgan fingerprint density at radius 3 is 1.79 bits per heavy atom. The van der Waals surface area contributed by atoms with E-state index in [-0.39, 0.29) is 0 Å². The first-order valence-electron chi connectivity index (χ1n) is 8.48. The molecule has 1 unspecified atom stereocenters. The number of rotatable bonds is 6. The predicted molar refractivity (Wildman–Crippen MR) is 113 cm³/mol. The Balaban J connectivity index is 1.84. The topological polar surface area (TPSA) is 35.5 Å². The lowest BCUT2D eigenvalue weighted by Gasteiger charge is -2.28. The Bertz CT molecular complexity index is 941. The average molecular weight is 433 g/mol. The molecule has 3 rings (SSSR count). The molecule has 0 heterocycles. The summed E-state index contributed by atoms with van der Waals surface area (Å²) >= 11 is 13.5. The van der Waals surface area contributed by atoms with Crippen molar-refractivity contribution in [1.29, 1.82) is 0 Å². The zero-order valence-electron chi connectivity index (χ0n) is 15.3. The van der Waals surface area contributed by atoms with Gasteiger partial charge in [-0.25, -0.2) is 4.79 Å². The smallest absolute Gasteiger partial charge is 0.354 e. The van der Waals surface area contributed by atoms with Gasteiger partial charge < -0.3 is 9.47 Å². The highest BCUT2D eigenvalue weighted by atomic mass is 35.5. The molecule has 3 aromatic carbocycles. The minimum Gasteiger partial charge on any atom is -0.471 e. The molecular weight excluding hydrogens is 415 g/mol. The van der Waals surface area contributed by atoms with Crippen LogP contribution in [0.15, 0.2) is 82.6 Å². The van der Waals surface area contributed by atoms with Gasteiger partial charge in [-0.05, 0) is 67.6 Å². The van der Waals surface area contributed by atoms with E-state index in [9.17, 15) is 4.79 Å². The van der Waals surface area contributed by atoms with Crippen molar-refractivity contribution < 1.29 is 14.3 Å². The Kier molecular flexibility index (Phi) is 6.55. The number of carbonyl (C=O) groups excluding carboxylic acids is 1. The van der Waals surface area contributed by atoms with E-state index in [1.165, 1.54) is 7.11 Å². The first-order valence-corrected chi connectivity index (χ1v) is 10.0. The first kappa shape index (κ1) is 20.6. The van der Waals surface area contributed by atoms with Crippen LogP contribution in [0.1, 0.15) is 12.5 Å². The van der Waals surface area contributed by atoms with Crippen LogP contribution in [0.3, 0.4) is 0 Å². The number of benzene rings is 3. The van der Waals surface area contributed by atoms with E-state index in [4.69, 9.17) is 32.7 Å². The van der Waals surface area contributed by atoms with Gasteiger partial charge in [0.15, 0.2) is 0 Å². The summed E-state index contributed by atoms with van der Waals surface area (Å²) in [6.07, 6.45) is 0. The molecule has 6 heteroatoms. The molecule has 144 valence electrons. The molecule has 0 spiro atoms. The highest BCUT2D eigenvalue weighted by molar-refractivity contribution is 7.99. The molecule has 0 radical (unpaired) electrons. The van der Waals surface area contributed by atoms with E-state index in [0.717, 1.165) is 9.79 Å². The summed E-state index contributed by atoms with van der Waals surface area (Å²) in [6, 6.07) is 22.1. The maximum Gasteiger partial charge on any atom is 0.354 e. The predicted octanol–water partition coefficient (Wildman–Crippen LogP) is 6.61. The van der Waals surface area contributed by atoms with Gasteiger partial charge >= 0.3 is 5.97 Å². The second kappa shape index (κ2) is 8.91. The van der Waals surface area contributed by atoms with E-state index in [1.807, 2.05) is 48.5 Å². The van der Waals surface area contributed by atoms with Crippen LogP contribution in [0.25, 0.3) is 0 Å². The second-order valence-corrected chi connectivity index (χ2v) is 8.18. The zero-order valence-corrected chi connectivity index (χ0v) is 17.6. The van der Waals surface area contributed by atoms with Crippen LogP contribution in [0.4, 0.5) is 0 Å². The van der Waals surface area contributed by atoms with Crippen LogP contribution < -0.4 is 4.74 Å². The number of hydrogen-bond acceptors (Lipinski definition) is 4. The molecule has 0 aliphatic carbocycles. The third-order valence-electron chi connectivity index (χ3n) is 4.17.